The largest absolute Gasteiger partial charge is 0.157 e. The second-order valence-corrected chi connectivity index (χ2v) is 17.6. The lowest BCUT2D eigenvalue weighted by atomic mass is 10.0. The van der Waals surface area contributed by atoms with Gasteiger partial charge in [-0.05, 0) is 11.6 Å². The zero-order valence-corrected chi connectivity index (χ0v) is 18.6. The van der Waals surface area contributed by atoms with Gasteiger partial charge in [0.25, 0.3) is 0 Å². The molecule has 0 aliphatic carbocycles. The van der Waals surface area contributed by atoms with E-state index in [4.69, 9.17) is 0 Å². The first kappa shape index (κ1) is 16.6. The molecule has 0 heterocycles. The zero-order valence-electron chi connectivity index (χ0n) is 7.46. The fraction of sp³-hybridized carbons (Fsp3) is 0.333. The van der Waals surface area contributed by atoms with Crippen LogP contribution in [0.5, 0.6) is 0 Å². The molecule has 0 spiro atoms. The predicted octanol–water partition coefficient (Wildman–Crippen LogP) is 6.75. The van der Waals surface area contributed by atoms with Crippen molar-refractivity contribution in [3.05, 3.63) is 35.9 Å². The van der Waals surface area contributed by atoms with Crippen molar-refractivity contribution < 1.29 is 0 Å². The average molecular weight is 671 g/mol. The molecular weight excluding hydrogens is 667 g/mol. The predicted molar refractivity (Wildman–Crippen MR) is 94.9 cm³/mol. The molecule has 0 amide bonds. The molecule has 0 nitrogen and oxygen atoms in total. The molecule has 1 radical (unpaired) electrons. The van der Waals surface area contributed by atoms with Crippen LogP contribution in [0, 0.1) is 6.07 Å². The summed E-state index contributed by atoms with van der Waals surface area (Å²) in [5.74, 6) is 0. The van der Waals surface area contributed by atoms with Crippen LogP contribution in [0.3, 0.4) is 0 Å². The zero-order chi connectivity index (χ0) is 12.6. The minimum absolute atomic E-state index is 0.575. The van der Waals surface area contributed by atoms with Crippen LogP contribution in [0.4, 0.5) is 0 Å². The highest BCUT2D eigenvalue weighted by Gasteiger charge is 2.58. The van der Waals surface area contributed by atoms with Crippen molar-refractivity contribution >= 4 is 112 Å². The second-order valence-electron chi connectivity index (χ2n) is 2.93. The van der Waals surface area contributed by atoms with Crippen molar-refractivity contribution in [3.8, 4) is 0 Å². The lowest BCUT2D eigenvalue weighted by Gasteiger charge is -2.42. The van der Waals surface area contributed by atoms with E-state index in [0.717, 1.165) is 5.56 Å². The lowest BCUT2D eigenvalue weighted by molar-refractivity contribution is 0.752. The van der Waals surface area contributed by atoms with E-state index in [2.05, 4.69) is 118 Å². The van der Waals surface area contributed by atoms with Crippen molar-refractivity contribution in [2.24, 2.45) is 0 Å². The Bertz CT molecular complexity index is 334. The molecule has 0 fully saturated rings. The Morgan fingerprint density at radius 1 is 0.812 bits per heavy atom. The fourth-order valence-corrected chi connectivity index (χ4v) is 6.78. The van der Waals surface area contributed by atoms with Gasteiger partial charge in [0.1, 0.15) is 4.32 Å². The van der Waals surface area contributed by atoms with E-state index >= 15 is 0 Å². The van der Waals surface area contributed by atoms with Gasteiger partial charge in [-0.25, -0.2) is 0 Å². The standard InChI is InChI=1S/C9H4Br7/c10-7(8(11,12)13,9(14,15)16)6-4-2-1-3-5-6/h1-4H. The average Bonchev–Trinajstić information content (AvgIpc) is 2.14. The van der Waals surface area contributed by atoms with Crippen LogP contribution in [-0.4, -0.2) is 4.29 Å². The molecule has 0 N–H and O–H groups in total. The molecule has 0 saturated carbocycles. The molecule has 0 saturated heterocycles. The maximum Gasteiger partial charge on any atom is 0.157 e. The molecule has 1 rings (SSSR count). The van der Waals surface area contributed by atoms with E-state index in [1.165, 1.54) is 0 Å². The third-order valence-corrected chi connectivity index (χ3v) is 10.2. The van der Waals surface area contributed by atoms with Gasteiger partial charge in [0.2, 0.25) is 0 Å². The molecule has 0 aliphatic heterocycles. The number of rotatable bonds is 1. The van der Waals surface area contributed by atoms with Crippen LogP contribution in [-0.2, 0) is 4.32 Å². The molecule has 1 aromatic rings. The van der Waals surface area contributed by atoms with Crippen molar-refractivity contribution in [2.45, 2.75) is 8.61 Å². The highest BCUT2D eigenvalue weighted by molar-refractivity contribution is 9.41. The summed E-state index contributed by atoms with van der Waals surface area (Å²) in [4.78, 5) is 0. The Balaban J connectivity index is 3.39. The van der Waals surface area contributed by atoms with Crippen molar-refractivity contribution in [3.63, 3.8) is 0 Å². The number of halogens is 7. The van der Waals surface area contributed by atoms with Gasteiger partial charge in [0, 0.05) is 0 Å². The molecule has 1 aromatic carbocycles. The molecule has 0 atom stereocenters. The van der Waals surface area contributed by atoms with Gasteiger partial charge in [-0.15, -0.1) is 0 Å². The van der Waals surface area contributed by atoms with E-state index in [-0.39, 0.29) is 0 Å². The summed E-state index contributed by atoms with van der Waals surface area (Å²) in [5, 5.41) is 0. The van der Waals surface area contributed by atoms with Crippen LogP contribution in [0.15, 0.2) is 24.3 Å². The minimum atomic E-state index is -0.575. The molecule has 0 bridgehead atoms. The summed E-state index contributed by atoms with van der Waals surface area (Å²) < 4.78 is -1.73. The van der Waals surface area contributed by atoms with Crippen LogP contribution >= 0.6 is 112 Å². The second kappa shape index (κ2) is 5.92. The van der Waals surface area contributed by atoms with Gasteiger partial charge in [-0.3, -0.25) is 0 Å². The summed E-state index contributed by atoms with van der Waals surface area (Å²) in [7, 11) is 0. The highest BCUT2D eigenvalue weighted by Crippen LogP contribution is 2.66. The molecule has 0 aliphatic rings. The fourth-order valence-electron chi connectivity index (χ4n) is 1.07. The third kappa shape index (κ3) is 3.37. The van der Waals surface area contributed by atoms with Gasteiger partial charge in [0.05, 0.1) is 0 Å². The smallest absolute Gasteiger partial charge is 0.0732 e. The SMILES string of the molecule is BrC(Br)(Br)C(Br)(c1[c]cccc1)C(Br)(Br)Br. The Labute approximate surface area is 154 Å². The molecule has 7 heteroatoms. The van der Waals surface area contributed by atoms with Gasteiger partial charge < -0.3 is 0 Å². The van der Waals surface area contributed by atoms with Crippen LogP contribution < -0.4 is 0 Å². The summed E-state index contributed by atoms with van der Waals surface area (Å²) in [6.07, 6.45) is 0. The Morgan fingerprint density at radius 3 is 1.62 bits per heavy atom. The first-order valence-electron chi connectivity index (χ1n) is 3.90. The van der Waals surface area contributed by atoms with Crippen LogP contribution in [0.1, 0.15) is 5.56 Å². The Kier molecular flexibility index (Phi) is 6.15. The number of hydrogen-bond donors (Lipinski definition) is 0. The van der Waals surface area contributed by atoms with E-state index in [0.29, 0.717) is 0 Å². The summed E-state index contributed by atoms with van der Waals surface area (Å²) in [6, 6.07) is 10.9. The quantitative estimate of drug-likeness (QED) is 0.290. The van der Waals surface area contributed by atoms with E-state index < -0.39 is 8.61 Å². The molecule has 0 aromatic heterocycles. The van der Waals surface area contributed by atoms with E-state index in [9.17, 15) is 0 Å². The van der Waals surface area contributed by atoms with E-state index in [1.54, 1.807) is 0 Å². The maximum absolute atomic E-state index is 3.72. The maximum atomic E-state index is 3.72. The monoisotopic (exact) mass is 664 g/mol. The topological polar surface area (TPSA) is 0 Å². The van der Waals surface area contributed by atoms with Crippen LogP contribution in [0.25, 0.3) is 0 Å². The number of hydrogen-bond acceptors (Lipinski definition) is 0. The molecule has 89 valence electrons. The third-order valence-electron chi connectivity index (χ3n) is 1.86. The van der Waals surface area contributed by atoms with Gasteiger partial charge >= 0.3 is 0 Å². The summed E-state index contributed by atoms with van der Waals surface area (Å²) in [5.41, 5.74) is 0.950. The number of alkyl halides is 7. The normalized spacial score (nSPS) is 13.9. The minimum Gasteiger partial charge on any atom is -0.0732 e. The van der Waals surface area contributed by atoms with Crippen molar-refractivity contribution in [2.75, 3.05) is 0 Å². The van der Waals surface area contributed by atoms with E-state index in [1.807, 2.05) is 24.3 Å². The molecule has 16 heavy (non-hydrogen) atoms. The van der Waals surface area contributed by atoms with Crippen molar-refractivity contribution in [1.29, 1.82) is 0 Å². The lowest BCUT2D eigenvalue weighted by Crippen LogP contribution is -2.43. The highest BCUT2D eigenvalue weighted by atomic mass is 80.0. The summed E-state index contributed by atoms with van der Waals surface area (Å²) >= 11 is 25.0. The first-order valence-corrected chi connectivity index (χ1v) is 9.45. The van der Waals surface area contributed by atoms with Gasteiger partial charge in [-0.2, -0.15) is 0 Å². The van der Waals surface area contributed by atoms with Crippen molar-refractivity contribution in [1.82, 2.24) is 0 Å². The molecular formula is C9H4Br7. The van der Waals surface area contributed by atoms with Gasteiger partial charge in [-0.1, -0.05) is 136 Å². The van der Waals surface area contributed by atoms with Gasteiger partial charge in [0.15, 0.2) is 4.29 Å². The van der Waals surface area contributed by atoms with Crippen LogP contribution in [0.2, 0.25) is 0 Å². The first-order chi connectivity index (χ1) is 7.11. The Hall–Kier alpha value is 2.58. The summed E-state index contributed by atoms with van der Waals surface area (Å²) in [6.45, 7) is 0. The Morgan fingerprint density at radius 2 is 1.31 bits per heavy atom. The number of benzene rings is 1. The molecule has 0 unspecified atom stereocenters.